The van der Waals surface area contributed by atoms with Crippen LogP contribution in [-0.4, -0.2) is 51.9 Å². The van der Waals surface area contributed by atoms with E-state index in [4.69, 9.17) is 9.84 Å². The Kier molecular flexibility index (Phi) is 5.23. The highest BCUT2D eigenvalue weighted by molar-refractivity contribution is 5.97. The predicted octanol–water partition coefficient (Wildman–Crippen LogP) is 1.99. The number of carboxylic acid groups (broad SMARTS) is 1. The molecule has 1 atom stereocenters. The molecule has 1 heterocycles. The Labute approximate surface area is 140 Å². The summed E-state index contributed by atoms with van der Waals surface area (Å²) >= 11 is 0. The lowest BCUT2D eigenvalue weighted by molar-refractivity contribution is -0.141. The zero-order valence-electron chi connectivity index (χ0n) is 14.2. The van der Waals surface area contributed by atoms with Gasteiger partial charge >= 0.3 is 5.97 Å². The van der Waals surface area contributed by atoms with Gasteiger partial charge in [0.05, 0.1) is 30.3 Å². The summed E-state index contributed by atoms with van der Waals surface area (Å²) < 4.78 is 6.83. The molecule has 1 N–H and O–H groups in total. The van der Waals surface area contributed by atoms with E-state index in [1.165, 1.54) is 25.1 Å². The van der Waals surface area contributed by atoms with Gasteiger partial charge in [0.1, 0.15) is 11.8 Å². The van der Waals surface area contributed by atoms with E-state index in [9.17, 15) is 9.59 Å². The minimum Gasteiger partial charge on any atom is -0.497 e. The molecule has 1 unspecified atom stereocenters. The monoisotopic (exact) mass is 331 g/mol. The summed E-state index contributed by atoms with van der Waals surface area (Å²) in [6, 6.07) is 6.42. The van der Waals surface area contributed by atoms with Crippen molar-refractivity contribution in [3.63, 3.8) is 0 Å². The summed E-state index contributed by atoms with van der Waals surface area (Å²) in [6.45, 7) is 3.40. The molecule has 128 valence electrons. The van der Waals surface area contributed by atoms with Crippen LogP contribution in [0.4, 0.5) is 0 Å². The van der Waals surface area contributed by atoms with Crippen LogP contribution in [0, 0.1) is 0 Å². The Morgan fingerprint density at radius 1 is 1.33 bits per heavy atom. The third kappa shape index (κ3) is 3.24. The number of hydrogen-bond donors (Lipinski definition) is 1. The van der Waals surface area contributed by atoms with Crippen molar-refractivity contribution in [3.8, 4) is 11.4 Å². The predicted molar refractivity (Wildman–Crippen MR) is 88.7 cm³/mol. The van der Waals surface area contributed by atoms with Crippen LogP contribution in [-0.2, 0) is 11.2 Å². The van der Waals surface area contributed by atoms with Gasteiger partial charge in [-0.1, -0.05) is 6.92 Å². The second kappa shape index (κ2) is 7.16. The molecule has 0 aliphatic carbocycles. The molecular weight excluding hydrogens is 310 g/mol. The van der Waals surface area contributed by atoms with Crippen LogP contribution in [0.1, 0.15) is 29.9 Å². The van der Waals surface area contributed by atoms with Gasteiger partial charge in [-0.2, -0.15) is 5.10 Å². The van der Waals surface area contributed by atoms with Crippen molar-refractivity contribution >= 4 is 11.9 Å². The lowest BCUT2D eigenvalue weighted by atomic mass is 10.1. The first-order valence-corrected chi connectivity index (χ1v) is 7.62. The van der Waals surface area contributed by atoms with Gasteiger partial charge in [-0.25, -0.2) is 9.48 Å². The maximum atomic E-state index is 12.6. The fraction of sp³-hybridized carbons (Fsp3) is 0.353. The van der Waals surface area contributed by atoms with Crippen molar-refractivity contribution in [1.82, 2.24) is 14.7 Å². The van der Waals surface area contributed by atoms with Gasteiger partial charge < -0.3 is 14.7 Å². The molecule has 0 radical (unpaired) electrons. The SMILES string of the molecule is CCc1c(C(=O)N(C)C(C)C(=O)O)cnn1-c1ccc(OC)cc1. The molecule has 0 aliphatic rings. The molecule has 0 fully saturated rings. The van der Waals surface area contributed by atoms with E-state index >= 15 is 0 Å². The lowest BCUT2D eigenvalue weighted by Gasteiger charge is -2.21. The van der Waals surface area contributed by atoms with Crippen LogP contribution in [0.2, 0.25) is 0 Å². The number of amides is 1. The van der Waals surface area contributed by atoms with Crippen molar-refractivity contribution < 1.29 is 19.4 Å². The maximum Gasteiger partial charge on any atom is 0.326 e. The van der Waals surface area contributed by atoms with E-state index in [1.54, 1.807) is 11.8 Å². The summed E-state index contributed by atoms with van der Waals surface area (Å²) in [7, 11) is 3.07. The number of nitrogens with zero attached hydrogens (tertiary/aromatic N) is 3. The third-order valence-corrected chi connectivity index (χ3v) is 4.01. The lowest BCUT2D eigenvalue weighted by Crippen LogP contribution is -2.40. The van der Waals surface area contributed by atoms with Gasteiger partial charge in [0, 0.05) is 7.05 Å². The molecule has 1 aromatic heterocycles. The van der Waals surface area contributed by atoms with E-state index in [2.05, 4.69) is 5.10 Å². The maximum absolute atomic E-state index is 12.6. The molecule has 0 bridgehead atoms. The number of likely N-dealkylation sites (N-methyl/N-ethyl adjacent to an activating group) is 1. The van der Waals surface area contributed by atoms with E-state index in [0.29, 0.717) is 12.0 Å². The number of carbonyl (C=O) groups is 2. The normalized spacial score (nSPS) is 11.8. The number of benzene rings is 1. The number of aliphatic carboxylic acids is 1. The molecule has 0 saturated carbocycles. The Balaban J connectivity index is 2.38. The summed E-state index contributed by atoms with van der Waals surface area (Å²) in [5.41, 5.74) is 1.94. The molecule has 2 aromatic rings. The van der Waals surface area contributed by atoms with Crippen LogP contribution < -0.4 is 4.74 Å². The summed E-state index contributed by atoms with van der Waals surface area (Å²) in [6.07, 6.45) is 2.07. The van der Waals surface area contributed by atoms with Gasteiger partial charge in [-0.15, -0.1) is 0 Å². The summed E-state index contributed by atoms with van der Waals surface area (Å²) in [4.78, 5) is 24.9. The van der Waals surface area contributed by atoms with Gasteiger partial charge in [-0.05, 0) is 37.6 Å². The second-order valence-corrected chi connectivity index (χ2v) is 5.40. The highest BCUT2D eigenvalue weighted by atomic mass is 16.5. The van der Waals surface area contributed by atoms with Gasteiger partial charge in [-0.3, -0.25) is 4.79 Å². The molecule has 24 heavy (non-hydrogen) atoms. The number of methoxy groups -OCH3 is 1. The number of carboxylic acids is 1. The van der Waals surface area contributed by atoms with E-state index < -0.39 is 12.0 Å². The topological polar surface area (TPSA) is 84.7 Å². The summed E-state index contributed by atoms with van der Waals surface area (Å²) in [5.74, 6) is -0.678. The van der Waals surface area contributed by atoms with E-state index in [0.717, 1.165) is 17.1 Å². The zero-order chi connectivity index (χ0) is 17.9. The number of aromatic nitrogens is 2. The van der Waals surface area contributed by atoms with Crippen molar-refractivity contribution in [2.75, 3.05) is 14.2 Å². The highest BCUT2D eigenvalue weighted by Crippen LogP contribution is 2.20. The highest BCUT2D eigenvalue weighted by Gasteiger charge is 2.26. The van der Waals surface area contributed by atoms with Crippen LogP contribution >= 0.6 is 0 Å². The Bertz CT molecular complexity index is 737. The average molecular weight is 331 g/mol. The van der Waals surface area contributed by atoms with Crippen molar-refractivity contribution in [3.05, 3.63) is 41.7 Å². The van der Waals surface area contributed by atoms with Gasteiger partial charge in [0.15, 0.2) is 0 Å². The van der Waals surface area contributed by atoms with Crippen LogP contribution in [0.15, 0.2) is 30.5 Å². The first-order valence-electron chi connectivity index (χ1n) is 7.62. The minimum absolute atomic E-state index is 0.360. The Morgan fingerprint density at radius 2 is 1.96 bits per heavy atom. The van der Waals surface area contributed by atoms with Crippen molar-refractivity contribution in [2.45, 2.75) is 26.3 Å². The first kappa shape index (κ1) is 17.5. The molecule has 0 saturated heterocycles. The second-order valence-electron chi connectivity index (χ2n) is 5.40. The Hall–Kier alpha value is -2.83. The van der Waals surface area contributed by atoms with Gasteiger partial charge in [0.25, 0.3) is 5.91 Å². The van der Waals surface area contributed by atoms with Gasteiger partial charge in [0.2, 0.25) is 0 Å². The number of hydrogen-bond acceptors (Lipinski definition) is 4. The van der Waals surface area contributed by atoms with Crippen molar-refractivity contribution in [2.24, 2.45) is 0 Å². The van der Waals surface area contributed by atoms with E-state index in [1.807, 2.05) is 31.2 Å². The smallest absolute Gasteiger partial charge is 0.326 e. The fourth-order valence-electron chi connectivity index (χ4n) is 2.37. The molecule has 0 spiro atoms. The average Bonchev–Trinajstić information content (AvgIpc) is 3.03. The summed E-state index contributed by atoms with van der Waals surface area (Å²) in [5, 5.41) is 13.4. The molecule has 0 aliphatic heterocycles. The van der Waals surface area contributed by atoms with Crippen LogP contribution in [0.5, 0.6) is 5.75 Å². The molecule has 2 rings (SSSR count). The van der Waals surface area contributed by atoms with Crippen LogP contribution in [0.3, 0.4) is 0 Å². The molecule has 7 heteroatoms. The van der Waals surface area contributed by atoms with Crippen LogP contribution in [0.25, 0.3) is 5.69 Å². The largest absolute Gasteiger partial charge is 0.497 e. The first-order chi connectivity index (χ1) is 11.4. The molecular formula is C17H21N3O4. The van der Waals surface area contributed by atoms with Crippen molar-refractivity contribution in [1.29, 1.82) is 0 Å². The number of carbonyl (C=O) groups excluding carboxylic acids is 1. The number of rotatable bonds is 6. The fourth-order valence-corrected chi connectivity index (χ4v) is 2.37. The minimum atomic E-state index is -1.05. The van der Waals surface area contributed by atoms with E-state index in [-0.39, 0.29) is 5.91 Å². The quantitative estimate of drug-likeness (QED) is 0.875. The molecule has 7 nitrogen and oxygen atoms in total. The third-order valence-electron chi connectivity index (χ3n) is 4.01. The Morgan fingerprint density at radius 3 is 2.46 bits per heavy atom. The number of ether oxygens (including phenoxy) is 1. The molecule has 1 aromatic carbocycles. The standard InChI is InChI=1S/C17H21N3O4/c1-5-15-14(16(21)19(3)11(2)17(22)23)10-18-20(15)12-6-8-13(24-4)9-7-12/h6-11H,5H2,1-4H3,(H,22,23). The zero-order valence-corrected chi connectivity index (χ0v) is 14.2. The molecule has 1 amide bonds.